The monoisotopic (exact) mass is 277 g/mol. The third kappa shape index (κ3) is 5.65. The van der Waals surface area contributed by atoms with Crippen molar-refractivity contribution in [2.45, 2.75) is 39.9 Å². The van der Waals surface area contributed by atoms with Crippen molar-refractivity contribution in [3.8, 4) is 0 Å². The van der Waals surface area contributed by atoms with E-state index in [4.69, 9.17) is 9.57 Å². The van der Waals surface area contributed by atoms with Crippen LogP contribution in [-0.2, 0) is 25.8 Å². The van der Waals surface area contributed by atoms with Crippen LogP contribution in [0.25, 0.3) is 0 Å². The average Bonchev–Trinajstić information content (AvgIpc) is 2.33. The Kier molecular flexibility index (Phi) is 5.43. The van der Waals surface area contributed by atoms with Crippen LogP contribution in [0.15, 0.2) is 35.5 Å². The molecule has 0 unspecified atom stereocenters. The van der Waals surface area contributed by atoms with Gasteiger partial charge in [-0.1, -0.05) is 35.5 Å². The van der Waals surface area contributed by atoms with Crippen LogP contribution in [0.4, 0.5) is 0 Å². The van der Waals surface area contributed by atoms with E-state index in [2.05, 4.69) is 5.16 Å². The zero-order valence-corrected chi connectivity index (χ0v) is 12.2. The molecule has 0 atom stereocenters. The van der Waals surface area contributed by atoms with E-state index in [1.807, 2.05) is 30.3 Å². The first-order chi connectivity index (χ1) is 9.29. The Labute approximate surface area is 118 Å². The Balaban J connectivity index is 2.69. The first-order valence-electron chi connectivity index (χ1n) is 6.28. The number of hydrogen-bond acceptors (Lipinski definition) is 5. The molecule has 1 rings (SSSR count). The van der Waals surface area contributed by atoms with Gasteiger partial charge in [0.2, 0.25) is 5.71 Å². The van der Waals surface area contributed by atoms with Gasteiger partial charge in [-0.2, -0.15) is 0 Å². The molecule has 0 aromatic heterocycles. The van der Waals surface area contributed by atoms with Gasteiger partial charge in [-0.3, -0.25) is 4.79 Å². The summed E-state index contributed by atoms with van der Waals surface area (Å²) in [5.74, 6) is -1.27. The zero-order chi connectivity index (χ0) is 15.2. The molecular weight excluding hydrogens is 258 g/mol. The smallest absolute Gasteiger partial charge is 0.364 e. The number of carbonyl (C=O) groups excluding carboxylic acids is 2. The molecule has 0 saturated heterocycles. The maximum Gasteiger partial charge on any atom is 0.364 e. The normalized spacial score (nSPS) is 11.9. The topological polar surface area (TPSA) is 65.0 Å². The van der Waals surface area contributed by atoms with Gasteiger partial charge in [0, 0.05) is 6.92 Å². The molecule has 0 radical (unpaired) electrons. The minimum absolute atomic E-state index is 0.181. The molecule has 0 fully saturated rings. The van der Waals surface area contributed by atoms with Crippen LogP contribution in [-0.4, -0.2) is 23.1 Å². The van der Waals surface area contributed by atoms with E-state index < -0.39 is 17.4 Å². The summed E-state index contributed by atoms with van der Waals surface area (Å²) in [6.07, 6.45) is 0. The van der Waals surface area contributed by atoms with E-state index in [0.717, 1.165) is 5.56 Å². The molecule has 20 heavy (non-hydrogen) atoms. The maximum atomic E-state index is 11.8. The maximum absolute atomic E-state index is 11.8. The Morgan fingerprint density at radius 1 is 1.15 bits per heavy atom. The molecule has 108 valence electrons. The van der Waals surface area contributed by atoms with Crippen LogP contribution in [0.3, 0.4) is 0 Å². The van der Waals surface area contributed by atoms with Gasteiger partial charge in [0.25, 0.3) is 0 Å². The number of Topliss-reactive ketones (excluding diaryl/α,β-unsaturated/α-hetero) is 1. The number of ether oxygens (including phenoxy) is 1. The summed E-state index contributed by atoms with van der Waals surface area (Å²) in [5, 5.41) is 3.60. The number of carbonyl (C=O) groups is 2. The van der Waals surface area contributed by atoms with Crippen molar-refractivity contribution in [2.75, 3.05) is 0 Å². The number of oxime groups is 1. The van der Waals surface area contributed by atoms with Gasteiger partial charge in [0.15, 0.2) is 5.78 Å². The van der Waals surface area contributed by atoms with Gasteiger partial charge >= 0.3 is 5.97 Å². The summed E-state index contributed by atoms with van der Waals surface area (Å²) < 4.78 is 5.09. The molecule has 0 spiro atoms. The van der Waals surface area contributed by atoms with Gasteiger partial charge in [-0.05, 0) is 26.3 Å². The fraction of sp³-hybridized carbons (Fsp3) is 0.400. The highest BCUT2D eigenvalue weighted by molar-refractivity contribution is 6.63. The predicted molar refractivity (Wildman–Crippen MR) is 75.2 cm³/mol. The quantitative estimate of drug-likeness (QED) is 0.359. The van der Waals surface area contributed by atoms with E-state index in [1.165, 1.54) is 6.92 Å². The molecule has 5 heteroatoms. The number of hydrogen-bond donors (Lipinski definition) is 0. The molecule has 0 aliphatic rings. The van der Waals surface area contributed by atoms with E-state index in [9.17, 15) is 9.59 Å². The lowest BCUT2D eigenvalue weighted by Gasteiger charge is -2.19. The van der Waals surface area contributed by atoms with E-state index in [-0.39, 0.29) is 12.3 Å². The largest absolute Gasteiger partial charge is 0.455 e. The summed E-state index contributed by atoms with van der Waals surface area (Å²) >= 11 is 0. The highest BCUT2D eigenvalue weighted by Gasteiger charge is 2.25. The molecule has 0 saturated carbocycles. The zero-order valence-electron chi connectivity index (χ0n) is 12.2. The minimum Gasteiger partial charge on any atom is -0.455 e. The first-order valence-corrected chi connectivity index (χ1v) is 6.28. The molecular formula is C15H19NO4. The van der Waals surface area contributed by atoms with Crippen LogP contribution in [0.5, 0.6) is 0 Å². The second-order valence-electron chi connectivity index (χ2n) is 5.26. The van der Waals surface area contributed by atoms with Crippen molar-refractivity contribution in [3.63, 3.8) is 0 Å². The summed E-state index contributed by atoms with van der Waals surface area (Å²) in [7, 11) is 0. The lowest BCUT2D eigenvalue weighted by molar-refractivity contribution is -0.146. The van der Waals surface area contributed by atoms with Crippen molar-refractivity contribution < 1.29 is 19.2 Å². The summed E-state index contributed by atoms with van der Waals surface area (Å²) in [4.78, 5) is 28.2. The lowest BCUT2D eigenvalue weighted by atomic mass is 10.2. The Morgan fingerprint density at radius 2 is 1.75 bits per heavy atom. The number of ketones is 1. The highest BCUT2D eigenvalue weighted by Crippen LogP contribution is 2.08. The molecule has 0 N–H and O–H groups in total. The number of esters is 1. The highest BCUT2D eigenvalue weighted by atomic mass is 16.6. The van der Waals surface area contributed by atoms with Crippen molar-refractivity contribution >= 4 is 17.5 Å². The number of nitrogens with zero attached hydrogens (tertiary/aromatic N) is 1. The predicted octanol–water partition coefficient (Wildman–Crippen LogP) is 2.49. The SMILES string of the molecule is CC(=O)/C(=N/OCc1ccccc1)C(=O)OC(C)(C)C. The molecule has 0 aliphatic heterocycles. The fourth-order valence-electron chi connectivity index (χ4n) is 1.32. The fourth-order valence-corrected chi connectivity index (χ4v) is 1.32. The molecule has 0 heterocycles. The number of benzene rings is 1. The lowest BCUT2D eigenvalue weighted by Crippen LogP contribution is -2.32. The van der Waals surface area contributed by atoms with Crippen LogP contribution >= 0.6 is 0 Å². The van der Waals surface area contributed by atoms with E-state index >= 15 is 0 Å². The van der Waals surface area contributed by atoms with Crippen LogP contribution in [0, 0.1) is 0 Å². The third-order valence-electron chi connectivity index (χ3n) is 2.16. The Hall–Kier alpha value is -2.17. The molecule has 0 amide bonds. The van der Waals surface area contributed by atoms with Crippen molar-refractivity contribution in [2.24, 2.45) is 5.16 Å². The first kappa shape index (κ1) is 15.9. The summed E-state index contributed by atoms with van der Waals surface area (Å²) in [6.45, 7) is 6.57. The Bertz CT molecular complexity index is 500. The van der Waals surface area contributed by atoms with Gasteiger partial charge in [-0.15, -0.1) is 0 Å². The van der Waals surface area contributed by atoms with Gasteiger partial charge in [0.05, 0.1) is 0 Å². The van der Waals surface area contributed by atoms with Crippen molar-refractivity contribution in [1.82, 2.24) is 0 Å². The van der Waals surface area contributed by atoms with Gasteiger partial charge in [-0.25, -0.2) is 4.79 Å². The second kappa shape index (κ2) is 6.84. The number of rotatable bonds is 5. The molecule has 0 aliphatic carbocycles. The minimum atomic E-state index is -0.780. The van der Waals surface area contributed by atoms with Crippen LogP contribution in [0.2, 0.25) is 0 Å². The average molecular weight is 277 g/mol. The molecule has 1 aromatic carbocycles. The summed E-state index contributed by atoms with van der Waals surface area (Å²) in [6, 6.07) is 9.33. The second-order valence-corrected chi connectivity index (χ2v) is 5.26. The Morgan fingerprint density at radius 3 is 2.25 bits per heavy atom. The van der Waals surface area contributed by atoms with Gasteiger partial charge < -0.3 is 9.57 Å². The standard InChI is InChI=1S/C15H19NO4/c1-11(17)13(14(18)20-15(2,3)4)16-19-10-12-8-6-5-7-9-12/h5-9H,10H2,1-4H3/b16-13-. The summed E-state index contributed by atoms with van der Waals surface area (Å²) in [5.41, 5.74) is -0.133. The molecule has 0 bridgehead atoms. The van der Waals surface area contributed by atoms with Crippen LogP contribution < -0.4 is 0 Å². The molecule has 1 aromatic rings. The molecule has 5 nitrogen and oxygen atoms in total. The third-order valence-corrected chi connectivity index (χ3v) is 2.16. The van der Waals surface area contributed by atoms with Crippen LogP contribution in [0.1, 0.15) is 33.3 Å². The van der Waals surface area contributed by atoms with Crippen molar-refractivity contribution in [3.05, 3.63) is 35.9 Å². The van der Waals surface area contributed by atoms with E-state index in [1.54, 1.807) is 20.8 Å². The van der Waals surface area contributed by atoms with E-state index in [0.29, 0.717) is 0 Å². The van der Waals surface area contributed by atoms with Gasteiger partial charge in [0.1, 0.15) is 12.2 Å². The van der Waals surface area contributed by atoms with Crippen molar-refractivity contribution in [1.29, 1.82) is 0 Å².